The molecule has 0 aromatic heterocycles. The topological polar surface area (TPSA) is 255 Å². The van der Waals surface area contributed by atoms with Gasteiger partial charge < -0.3 is 47.1 Å². The van der Waals surface area contributed by atoms with Crippen molar-refractivity contribution in [3.63, 3.8) is 0 Å². The van der Waals surface area contributed by atoms with E-state index < -0.39 is 83.8 Å². The molecule has 8 N–H and O–H groups in total. The van der Waals surface area contributed by atoms with Crippen LogP contribution < -0.4 is 37.1 Å². The van der Waals surface area contributed by atoms with E-state index in [1.54, 1.807) is 85.8 Å². The van der Waals surface area contributed by atoms with E-state index in [1.165, 1.54) is 17.0 Å². The lowest BCUT2D eigenvalue weighted by Crippen LogP contribution is -2.58. The molecule has 7 amide bonds. The Morgan fingerprint density at radius 3 is 2.09 bits per heavy atom. The number of hydrogen-bond donors (Lipinski definition) is 7. The number of likely N-dealkylation sites (tertiary alicyclic amines) is 1. The van der Waals surface area contributed by atoms with Crippen LogP contribution in [-0.4, -0.2) is 94.9 Å². The van der Waals surface area contributed by atoms with Gasteiger partial charge >= 0.3 is 0 Å². The van der Waals surface area contributed by atoms with Gasteiger partial charge in [-0.15, -0.1) is 0 Å². The predicted molar refractivity (Wildman–Crippen MR) is 256 cm³/mol. The molecule has 2 aliphatic rings. The van der Waals surface area contributed by atoms with E-state index in [4.69, 9.17) is 10.5 Å². The number of benzene rings is 4. The van der Waals surface area contributed by atoms with Gasteiger partial charge in [0, 0.05) is 24.2 Å². The second-order valence-electron chi connectivity index (χ2n) is 17.3. The minimum Gasteiger partial charge on any atom is -0.508 e. The largest absolute Gasteiger partial charge is 0.508 e. The predicted octanol–water partition coefficient (Wildman–Crippen LogP) is 4.65. The average Bonchev–Trinajstić information content (AvgIpc) is 3.80. The number of aliphatic hydroxyl groups is 1. The Labute approximate surface area is 400 Å². The summed E-state index contributed by atoms with van der Waals surface area (Å²) in [4.78, 5) is 110. The fourth-order valence-electron chi connectivity index (χ4n) is 8.81. The smallest absolute Gasteiger partial charge is 0.290 e. The van der Waals surface area contributed by atoms with E-state index in [-0.39, 0.29) is 48.7 Å². The third-order valence-electron chi connectivity index (χ3n) is 12.3. The number of aliphatic hydroxyl groups excluding tert-OH is 1. The van der Waals surface area contributed by atoms with E-state index in [1.807, 2.05) is 18.2 Å². The number of carbonyl (C=O) groups excluding carboxylic acids is 8. The van der Waals surface area contributed by atoms with Crippen LogP contribution in [0.5, 0.6) is 11.5 Å². The van der Waals surface area contributed by atoms with Crippen LogP contribution in [0.1, 0.15) is 96.2 Å². The summed E-state index contributed by atoms with van der Waals surface area (Å²) in [6, 6.07) is 25.4. The number of Topliss-reactive ketones (excluding diaryl/α,β-unsaturated/α-hetero) is 1. The molecule has 17 heteroatoms. The fraction of sp³-hybridized carbons (Fsp3) is 0.346. The van der Waals surface area contributed by atoms with Gasteiger partial charge in [-0.1, -0.05) is 112 Å². The number of rotatable bonds is 21. The van der Waals surface area contributed by atoms with Crippen molar-refractivity contribution in [2.24, 2.45) is 17.6 Å². The van der Waals surface area contributed by atoms with E-state index in [2.05, 4.69) is 33.2 Å². The van der Waals surface area contributed by atoms with Gasteiger partial charge in [-0.25, -0.2) is 0 Å². The standard InChI is InChI=1S/C52H59N7O10/c1-3-16-41(46(62)51(67)55-30-43(61)57-44(47(53)63)34-17-7-4-8-18-34)56-50(66)42-27-33(29-54-48(64)36-21-15-24-38(28-36)69-37-22-11-6-12-23-37)31-59(42)52(68)45(35-19-9-5-10-20-35)58-49(65)40-26-14-13-25-39(40)32(2)60/h4,6-8,11-15,17-18,21-26,28,33,35,41-42,44-45,60H,2-3,5,9-10,16,19-20,27,29-31H2,1H3,(H2,53,63)(H,54,64)(H,55,67)(H,56,66)(H,57,61)(H,58,65)/t33-,41?,42?,44-,45-/m0/s1. The Morgan fingerprint density at radius 1 is 0.768 bits per heavy atom. The number of para-hydroxylation sites is 1. The molecule has 6 rings (SSSR count). The molecule has 2 fully saturated rings. The molecular weight excluding hydrogens is 883 g/mol. The molecule has 2 unspecified atom stereocenters. The minimum absolute atomic E-state index is 0.00521. The van der Waals surface area contributed by atoms with Gasteiger partial charge in [-0.2, -0.15) is 0 Å². The number of carbonyl (C=O) groups is 8. The van der Waals surface area contributed by atoms with E-state index in [0.29, 0.717) is 41.9 Å². The van der Waals surface area contributed by atoms with Gasteiger partial charge in [0.05, 0.1) is 18.2 Å². The first-order valence-corrected chi connectivity index (χ1v) is 23.2. The average molecular weight is 942 g/mol. The first kappa shape index (κ1) is 50.6. The molecule has 1 aliphatic heterocycles. The molecule has 1 saturated heterocycles. The molecule has 69 heavy (non-hydrogen) atoms. The van der Waals surface area contributed by atoms with Crippen molar-refractivity contribution >= 4 is 52.9 Å². The van der Waals surface area contributed by atoms with Gasteiger partial charge in [-0.3, -0.25) is 38.4 Å². The quantitative estimate of drug-likeness (QED) is 0.0450. The van der Waals surface area contributed by atoms with Crippen molar-refractivity contribution in [1.29, 1.82) is 0 Å². The molecule has 17 nitrogen and oxygen atoms in total. The van der Waals surface area contributed by atoms with Crippen molar-refractivity contribution < 1.29 is 48.2 Å². The normalized spacial score (nSPS) is 17.0. The van der Waals surface area contributed by atoms with Crippen molar-refractivity contribution in [2.45, 2.75) is 82.5 Å². The van der Waals surface area contributed by atoms with Gasteiger partial charge in [-0.05, 0) is 79.5 Å². The highest BCUT2D eigenvalue weighted by atomic mass is 16.5. The number of nitrogens with one attached hydrogen (secondary N) is 5. The maximum Gasteiger partial charge on any atom is 0.290 e. The molecule has 1 aliphatic carbocycles. The highest BCUT2D eigenvalue weighted by Crippen LogP contribution is 2.32. The third-order valence-corrected chi connectivity index (χ3v) is 12.3. The summed E-state index contributed by atoms with van der Waals surface area (Å²) in [5.41, 5.74) is 6.54. The molecule has 4 aromatic rings. The number of ketones is 1. The van der Waals surface area contributed by atoms with Crippen LogP contribution in [0.15, 0.2) is 116 Å². The van der Waals surface area contributed by atoms with Crippen LogP contribution in [0.4, 0.5) is 0 Å². The van der Waals surface area contributed by atoms with Crippen molar-refractivity contribution in [3.8, 4) is 11.5 Å². The molecule has 0 radical (unpaired) electrons. The van der Waals surface area contributed by atoms with Crippen molar-refractivity contribution in [1.82, 2.24) is 31.5 Å². The van der Waals surface area contributed by atoms with Crippen molar-refractivity contribution in [3.05, 3.63) is 138 Å². The Bertz CT molecular complexity index is 2510. The maximum atomic E-state index is 15.0. The highest BCUT2D eigenvalue weighted by Gasteiger charge is 2.45. The molecule has 1 heterocycles. The Hall–Kier alpha value is -7.82. The van der Waals surface area contributed by atoms with Crippen LogP contribution in [0.25, 0.3) is 5.76 Å². The van der Waals surface area contributed by atoms with Gasteiger partial charge in [0.1, 0.15) is 35.4 Å². The van der Waals surface area contributed by atoms with Crippen molar-refractivity contribution in [2.75, 3.05) is 19.6 Å². The second kappa shape index (κ2) is 24.3. The number of ether oxygens (including phenoxy) is 1. The van der Waals surface area contributed by atoms with E-state index in [9.17, 15) is 38.7 Å². The number of amides is 7. The molecule has 0 spiro atoms. The van der Waals surface area contributed by atoms with E-state index in [0.717, 1.165) is 19.3 Å². The van der Waals surface area contributed by atoms with Crippen LogP contribution in [0, 0.1) is 11.8 Å². The minimum atomic E-state index is -1.36. The summed E-state index contributed by atoms with van der Waals surface area (Å²) in [5, 5.41) is 23.6. The lowest BCUT2D eigenvalue weighted by Gasteiger charge is -2.35. The maximum absolute atomic E-state index is 15.0. The number of hydrogen-bond acceptors (Lipinski definition) is 10. The molecular formula is C52H59N7O10. The Morgan fingerprint density at radius 2 is 1.42 bits per heavy atom. The summed E-state index contributed by atoms with van der Waals surface area (Å²) in [6.07, 6.45) is 4.26. The molecule has 1 saturated carbocycles. The van der Waals surface area contributed by atoms with Crippen LogP contribution in [0.3, 0.4) is 0 Å². The first-order valence-electron chi connectivity index (χ1n) is 23.2. The summed E-state index contributed by atoms with van der Waals surface area (Å²) >= 11 is 0. The number of primary amides is 1. The van der Waals surface area contributed by atoms with E-state index >= 15 is 4.79 Å². The van der Waals surface area contributed by atoms with Crippen LogP contribution in [-0.2, 0) is 28.8 Å². The highest BCUT2D eigenvalue weighted by molar-refractivity contribution is 6.38. The summed E-state index contributed by atoms with van der Waals surface area (Å²) in [5.74, 6) is -6.22. The summed E-state index contributed by atoms with van der Waals surface area (Å²) < 4.78 is 5.92. The second-order valence-corrected chi connectivity index (χ2v) is 17.3. The Kier molecular flexibility index (Phi) is 17.8. The molecule has 5 atom stereocenters. The first-order chi connectivity index (χ1) is 33.2. The lowest BCUT2D eigenvalue weighted by molar-refractivity contribution is -0.143. The van der Waals surface area contributed by atoms with Gasteiger partial charge in [0.15, 0.2) is 0 Å². The third kappa shape index (κ3) is 13.6. The Balaban J connectivity index is 1.20. The van der Waals surface area contributed by atoms with Gasteiger partial charge in [0.2, 0.25) is 29.4 Å². The lowest BCUT2D eigenvalue weighted by atomic mass is 9.83. The zero-order chi connectivity index (χ0) is 49.5. The van der Waals surface area contributed by atoms with Crippen LogP contribution >= 0.6 is 0 Å². The monoisotopic (exact) mass is 941 g/mol. The summed E-state index contributed by atoms with van der Waals surface area (Å²) in [6.45, 7) is 4.70. The molecule has 362 valence electrons. The zero-order valence-corrected chi connectivity index (χ0v) is 38.5. The van der Waals surface area contributed by atoms with Crippen LogP contribution in [0.2, 0.25) is 0 Å². The molecule has 4 aromatic carbocycles. The molecule has 0 bridgehead atoms. The number of nitrogens with zero attached hydrogens (tertiary/aromatic N) is 1. The zero-order valence-electron chi connectivity index (χ0n) is 38.5. The van der Waals surface area contributed by atoms with Gasteiger partial charge in [0.25, 0.3) is 17.7 Å². The number of nitrogens with two attached hydrogens (primary N) is 1. The summed E-state index contributed by atoms with van der Waals surface area (Å²) in [7, 11) is 0. The fourth-order valence-corrected chi connectivity index (χ4v) is 8.81. The SMILES string of the molecule is C=C(O)c1ccccc1C(=O)N[C@H](C(=O)N1C[C@H](CNC(=O)c2cccc(Oc3ccccc3)c2)CC1C(=O)NC(CCC)C(=O)C(=O)NCC(=O)N[C@H](C(N)=O)c1ccccc1)C1CCCCC1.